The van der Waals surface area contributed by atoms with Crippen molar-refractivity contribution in [3.63, 3.8) is 0 Å². The molecule has 5 heterocycles. The van der Waals surface area contributed by atoms with Gasteiger partial charge in [-0.2, -0.15) is 5.10 Å². The van der Waals surface area contributed by atoms with Crippen LogP contribution in [0.3, 0.4) is 0 Å². The molecule has 27 heavy (non-hydrogen) atoms. The molecule has 4 aromatic rings. The van der Waals surface area contributed by atoms with Crippen molar-refractivity contribution in [1.29, 1.82) is 0 Å². The van der Waals surface area contributed by atoms with E-state index < -0.39 is 0 Å². The van der Waals surface area contributed by atoms with E-state index in [9.17, 15) is 0 Å². The molecular formula is C21H20N6. The highest BCUT2D eigenvalue weighted by Gasteiger charge is 2.27. The van der Waals surface area contributed by atoms with Crippen molar-refractivity contribution >= 4 is 5.65 Å². The average Bonchev–Trinajstić information content (AvgIpc) is 3.35. The minimum Gasteiger partial charge on any atom is -0.297 e. The maximum absolute atomic E-state index is 4.77. The molecule has 1 saturated heterocycles. The van der Waals surface area contributed by atoms with Crippen LogP contribution >= 0.6 is 0 Å². The lowest BCUT2D eigenvalue weighted by atomic mass is 10.1. The molecule has 6 heteroatoms. The summed E-state index contributed by atoms with van der Waals surface area (Å²) in [5, 5.41) is 4.77. The number of hydrogen-bond acceptors (Lipinski definition) is 5. The third-order valence-corrected chi connectivity index (χ3v) is 5.09. The summed E-state index contributed by atoms with van der Waals surface area (Å²) in [6.07, 6.45) is 8.62. The molecule has 0 aliphatic carbocycles. The highest BCUT2D eigenvalue weighted by atomic mass is 15.3. The summed E-state index contributed by atoms with van der Waals surface area (Å²) in [6, 6.07) is 14.2. The van der Waals surface area contributed by atoms with Crippen molar-refractivity contribution in [2.75, 3.05) is 13.1 Å². The molecule has 0 bridgehead atoms. The van der Waals surface area contributed by atoms with Crippen molar-refractivity contribution in [3.05, 3.63) is 78.8 Å². The van der Waals surface area contributed by atoms with Gasteiger partial charge in [0, 0.05) is 54.9 Å². The molecule has 1 atom stereocenters. The van der Waals surface area contributed by atoms with Gasteiger partial charge in [0.2, 0.25) is 0 Å². The van der Waals surface area contributed by atoms with Crippen LogP contribution in [0.4, 0.5) is 0 Å². The zero-order valence-corrected chi connectivity index (χ0v) is 14.9. The lowest BCUT2D eigenvalue weighted by molar-refractivity contribution is 0.321. The highest BCUT2D eigenvalue weighted by Crippen LogP contribution is 2.27. The summed E-state index contributed by atoms with van der Waals surface area (Å²) >= 11 is 0. The first-order chi connectivity index (χ1) is 13.3. The topological polar surface area (TPSA) is 59.2 Å². The van der Waals surface area contributed by atoms with Gasteiger partial charge in [0.25, 0.3) is 0 Å². The van der Waals surface area contributed by atoms with Crippen LogP contribution in [0, 0.1) is 0 Å². The van der Waals surface area contributed by atoms with Gasteiger partial charge < -0.3 is 0 Å². The Morgan fingerprint density at radius 2 is 2.00 bits per heavy atom. The van der Waals surface area contributed by atoms with E-state index in [1.807, 2.05) is 47.4 Å². The number of aromatic nitrogens is 5. The highest BCUT2D eigenvalue weighted by molar-refractivity contribution is 5.63. The second-order valence-corrected chi connectivity index (χ2v) is 6.97. The minimum absolute atomic E-state index is 0.371. The van der Waals surface area contributed by atoms with Crippen LogP contribution < -0.4 is 0 Å². The standard InChI is InChI=1S/C21H20N6/c1-2-10-23-19(5-1)15-26-11-8-18(13-26)21-24-20-7-6-17(14-27(20)25-21)16-4-3-9-22-12-16/h1-7,9-10,12,14,18H,8,11,13,15H2/t18-/m0/s1. The second kappa shape index (κ2) is 6.89. The van der Waals surface area contributed by atoms with E-state index >= 15 is 0 Å². The van der Waals surface area contributed by atoms with E-state index in [0.29, 0.717) is 5.92 Å². The van der Waals surface area contributed by atoms with Gasteiger partial charge in [-0.05, 0) is 43.3 Å². The Hall–Kier alpha value is -3.12. The monoisotopic (exact) mass is 356 g/mol. The Labute approximate surface area is 157 Å². The van der Waals surface area contributed by atoms with Crippen molar-refractivity contribution in [2.45, 2.75) is 18.9 Å². The van der Waals surface area contributed by atoms with Crippen molar-refractivity contribution in [2.24, 2.45) is 0 Å². The lowest BCUT2D eigenvalue weighted by Crippen LogP contribution is -2.20. The first-order valence-corrected chi connectivity index (χ1v) is 9.24. The van der Waals surface area contributed by atoms with Gasteiger partial charge in [0.1, 0.15) is 0 Å². The lowest BCUT2D eigenvalue weighted by Gasteiger charge is -2.14. The molecule has 1 aliphatic heterocycles. The number of rotatable bonds is 4. The van der Waals surface area contributed by atoms with Gasteiger partial charge >= 0.3 is 0 Å². The number of pyridine rings is 3. The zero-order chi connectivity index (χ0) is 18.1. The summed E-state index contributed by atoms with van der Waals surface area (Å²) < 4.78 is 1.89. The van der Waals surface area contributed by atoms with Crippen molar-refractivity contribution in [1.82, 2.24) is 29.5 Å². The Kier molecular flexibility index (Phi) is 4.10. The van der Waals surface area contributed by atoms with E-state index in [1.165, 1.54) is 0 Å². The van der Waals surface area contributed by atoms with Crippen LogP contribution in [-0.2, 0) is 6.54 Å². The molecule has 0 N–H and O–H groups in total. The van der Waals surface area contributed by atoms with Crippen LogP contribution in [0.5, 0.6) is 0 Å². The maximum atomic E-state index is 4.77. The van der Waals surface area contributed by atoms with Crippen LogP contribution in [0.25, 0.3) is 16.8 Å². The van der Waals surface area contributed by atoms with Crippen molar-refractivity contribution in [3.8, 4) is 11.1 Å². The number of nitrogens with zero attached hydrogens (tertiary/aromatic N) is 6. The van der Waals surface area contributed by atoms with E-state index in [1.54, 1.807) is 6.20 Å². The molecular weight excluding hydrogens is 336 g/mol. The average molecular weight is 356 g/mol. The van der Waals surface area contributed by atoms with Crippen LogP contribution in [0.1, 0.15) is 23.9 Å². The van der Waals surface area contributed by atoms with E-state index in [0.717, 1.165) is 54.3 Å². The number of fused-ring (bicyclic) bond motifs is 1. The molecule has 1 fully saturated rings. The summed E-state index contributed by atoms with van der Waals surface area (Å²) in [6.45, 7) is 2.91. The Morgan fingerprint density at radius 1 is 1.00 bits per heavy atom. The van der Waals surface area contributed by atoms with Crippen molar-refractivity contribution < 1.29 is 0 Å². The van der Waals surface area contributed by atoms with Gasteiger partial charge in [-0.3, -0.25) is 14.9 Å². The summed E-state index contributed by atoms with van der Waals surface area (Å²) in [7, 11) is 0. The first-order valence-electron chi connectivity index (χ1n) is 9.24. The fourth-order valence-corrected chi connectivity index (χ4v) is 3.69. The van der Waals surface area contributed by atoms with Crippen LogP contribution in [0.15, 0.2) is 67.3 Å². The Morgan fingerprint density at radius 3 is 2.85 bits per heavy atom. The Bertz CT molecular complexity index is 1040. The van der Waals surface area contributed by atoms with Gasteiger partial charge in [0.05, 0.1) is 5.69 Å². The van der Waals surface area contributed by atoms with Gasteiger partial charge in [-0.25, -0.2) is 9.50 Å². The van der Waals surface area contributed by atoms with Gasteiger partial charge in [-0.1, -0.05) is 12.1 Å². The molecule has 1 aliphatic rings. The maximum Gasteiger partial charge on any atom is 0.156 e. The molecule has 0 aromatic carbocycles. The van der Waals surface area contributed by atoms with Gasteiger partial charge in [-0.15, -0.1) is 0 Å². The molecule has 0 unspecified atom stereocenters. The second-order valence-electron chi connectivity index (χ2n) is 6.97. The fraction of sp³-hybridized carbons (Fsp3) is 0.238. The molecule has 0 radical (unpaired) electrons. The molecule has 4 aromatic heterocycles. The van der Waals surface area contributed by atoms with E-state index in [-0.39, 0.29) is 0 Å². The Balaban J connectivity index is 1.35. The van der Waals surface area contributed by atoms with Crippen LogP contribution in [-0.4, -0.2) is 42.6 Å². The number of hydrogen-bond donors (Lipinski definition) is 0. The molecule has 134 valence electrons. The largest absolute Gasteiger partial charge is 0.297 e. The summed E-state index contributed by atoms with van der Waals surface area (Å²) in [4.78, 5) is 15.8. The molecule has 5 rings (SSSR count). The molecule has 0 amide bonds. The predicted octanol–water partition coefficient (Wildman–Crippen LogP) is 3.18. The summed E-state index contributed by atoms with van der Waals surface area (Å²) in [5.74, 6) is 1.30. The fourth-order valence-electron chi connectivity index (χ4n) is 3.69. The number of likely N-dealkylation sites (tertiary alicyclic amines) is 1. The van der Waals surface area contributed by atoms with Gasteiger partial charge in [0.15, 0.2) is 11.5 Å². The third kappa shape index (κ3) is 3.31. The predicted molar refractivity (Wildman–Crippen MR) is 103 cm³/mol. The normalized spacial score (nSPS) is 17.6. The molecule has 0 spiro atoms. The summed E-state index contributed by atoms with van der Waals surface area (Å²) in [5.41, 5.74) is 4.18. The van der Waals surface area contributed by atoms with E-state index in [4.69, 9.17) is 10.1 Å². The minimum atomic E-state index is 0.371. The molecule has 6 nitrogen and oxygen atoms in total. The van der Waals surface area contributed by atoms with E-state index in [2.05, 4.69) is 33.1 Å². The first kappa shape index (κ1) is 16.1. The zero-order valence-electron chi connectivity index (χ0n) is 14.9. The smallest absolute Gasteiger partial charge is 0.156 e. The van der Waals surface area contributed by atoms with Crippen LogP contribution in [0.2, 0.25) is 0 Å². The SMILES string of the molecule is c1ccc(CN2CC[C@H](c3nc4ccc(-c5cccnc5)cn4n3)C2)nc1. The quantitative estimate of drug-likeness (QED) is 0.562. The molecule has 0 saturated carbocycles. The third-order valence-electron chi connectivity index (χ3n) is 5.09.